The quantitative estimate of drug-likeness (QED) is 0.0546. The Morgan fingerprint density at radius 1 is 0.449 bits per heavy atom. The van der Waals surface area contributed by atoms with Crippen LogP contribution in [0.1, 0.15) is 125 Å². The van der Waals surface area contributed by atoms with Crippen LogP contribution in [0.25, 0.3) is 0 Å². The van der Waals surface area contributed by atoms with E-state index in [4.69, 9.17) is 39.9 Å². The predicted octanol–water partition coefficient (Wildman–Crippen LogP) is 6.52. The van der Waals surface area contributed by atoms with Crippen LogP contribution >= 0.6 is 0 Å². The van der Waals surface area contributed by atoms with Crippen LogP contribution in [0.4, 0.5) is 0 Å². The van der Waals surface area contributed by atoms with Gasteiger partial charge in [-0.2, -0.15) is 0 Å². The van der Waals surface area contributed by atoms with Crippen LogP contribution in [0.2, 0.25) is 0 Å². The monoisotopic (exact) mass is 707 g/mol. The second kappa shape index (κ2) is 45.6. The fourth-order valence-corrected chi connectivity index (χ4v) is 4.82. The fraction of sp³-hybridized carbons (Fsp3) is 1.00. The van der Waals surface area contributed by atoms with Crippen LogP contribution in [0.15, 0.2) is 0 Å². The van der Waals surface area contributed by atoms with Crippen LogP contribution in [-0.4, -0.2) is 141 Å². The number of nitrogens with zero attached hydrogens (tertiary/aromatic N) is 2. The van der Waals surface area contributed by atoms with Gasteiger partial charge in [-0.15, -0.1) is 0 Å². The zero-order chi connectivity index (χ0) is 36.3. The van der Waals surface area contributed by atoms with Crippen molar-refractivity contribution < 1.29 is 28.4 Å². The average Bonchev–Trinajstić information content (AvgIpc) is 3.96. The molecule has 1 heterocycles. The molecule has 1 aliphatic rings. The minimum absolute atomic E-state index is 0.431. The van der Waals surface area contributed by atoms with E-state index in [0.717, 1.165) is 163 Å². The number of epoxide rings is 1. The van der Waals surface area contributed by atoms with Crippen molar-refractivity contribution >= 4 is 0 Å². The zero-order valence-corrected chi connectivity index (χ0v) is 33.4. The highest BCUT2D eigenvalue weighted by molar-refractivity contribution is 4.67. The molecule has 1 rings (SSSR count). The number of nitrogens with two attached hydrogens (primary N) is 2. The lowest BCUT2D eigenvalue weighted by molar-refractivity contribution is 0.0936. The molecule has 10 heteroatoms. The molecule has 0 aromatic heterocycles. The van der Waals surface area contributed by atoms with E-state index in [1.165, 1.54) is 38.5 Å². The lowest BCUT2D eigenvalue weighted by Gasteiger charge is -2.17. The van der Waals surface area contributed by atoms with Crippen molar-refractivity contribution in [3.63, 3.8) is 0 Å². The van der Waals surface area contributed by atoms with E-state index in [1.807, 2.05) is 0 Å². The van der Waals surface area contributed by atoms with Gasteiger partial charge in [0, 0.05) is 72.6 Å². The van der Waals surface area contributed by atoms with Gasteiger partial charge in [0.15, 0.2) is 0 Å². The van der Waals surface area contributed by atoms with Gasteiger partial charge in [0.1, 0.15) is 6.10 Å². The lowest BCUT2D eigenvalue weighted by Crippen LogP contribution is -2.25. The summed E-state index contributed by atoms with van der Waals surface area (Å²) in [6.45, 7) is 28.8. The maximum absolute atomic E-state index is 5.67. The summed E-state index contributed by atoms with van der Waals surface area (Å²) in [6.07, 6.45) is 17.0. The number of unbranched alkanes of at least 4 members (excludes halogenated alkanes) is 7. The molecule has 10 nitrogen and oxygen atoms in total. The third-order valence-corrected chi connectivity index (χ3v) is 8.30. The second-order valence-electron chi connectivity index (χ2n) is 12.7. The van der Waals surface area contributed by atoms with Crippen LogP contribution in [0, 0.1) is 0 Å². The Labute approximate surface area is 304 Å². The summed E-state index contributed by atoms with van der Waals surface area (Å²) in [5.74, 6) is 0. The van der Waals surface area contributed by atoms with Gasteiger partial charge in [-0.3, -0.25) is 0 Å². The van der Waals surface area contributed by atoms with E-state index in [2.05, 4.69) is 44.4 Å². The highest BCUT2D eigenvalue weighted by Gasteiger charge is 2.21. The molecule has 298 valence electrons. The summed E-state index contributed by atoms with van der Waals surface area (Å²) < 4.78 is 32.5. The maximum atomic E-state index is 5.67. The Morgan fingerprint density at radius 2 is 0.776 bits per heavy atom. The van der Waals surface area contributed by atoms with Gasteiger partial charge in [0.25, 0.3) is 0 Å². The van der Waals surface area contributed by atoms with Gasteiger partial charge in [0.05, 0.1) is 13.2 Å². The Kier molecular flexibility index (Phi) is 47.2. The van der Waals surface area contributed by atoms with Gasteiger partial charge in [0.2, 0.25) is 0 Å². The molecule has 0 spiro atoms. The van der Waals surface area contributed by atoms with Gasteiger partial charge in [-0.05, 0) is 97.1 Å². The van der Waals surface area contributed by atoms with Gasteiger partial charge >= 0.3 is 0 Å². The molecular weight excluding hydrogens is 620 g/mol. The van der Waals surface area contributed by atoms with Crippen LogP contribution < -0.4 is 11.5 Å². The summed E-state index contributed by atoms with van der Waals surface area (Å²) in [7, 11) is 0. The summed E-state index contributed by atoms with van der Waals surface area (Å²) in [5, 5.41) is 0. The van der Waals surface area contributed by atoms with Gasteiger partial charge in [-0.1, -0.05) is 66.7 Å². The van der Waals surface area contributed by atoms with Crippen molar-refractivity contribution in [1.82, 2.24) is 9.80 Å². The van der Waals surface area contributed by atoms with Crippen LogP contribution in [0.5, 0.6) is 0 Å². The minimum atomic E-state index is 0.431. The van der Waals surface area contributed by atoms with Crippen LogP contribution in [0.3, 0.4) is 0 Å². The highest BCUT2D eigenvalue weighted by Crippen LogP contribution is 2.09. The minimum Gasteiger partial charge on any atom is -0.381 e. The molecule has 1 aliphatic heterocycles. The SMILES string of the molecule is CCCCCCCCOCC1CO1.CCN(CC)CCCOCCCCOCCCN(CC)CC.NCCCOCCCCOCCCN. The van der Waals surface area contributed by atoms with Gasteiger partial charge < -0.3 is 49.7 Å². The molecule has 49 heavy (non-hydrogen) atoms. The first-order chi connectivity index (χ1) is 24.1. The molecule has 4 N–H and O–H groups in total. The normalized spacial score (nSPS) is 13.8. The highest BCUT2D eigenvalue weighted by atomic mass is 16.6. The van der Waals surface area contributed by atoms with E-state index >= 15 is 0 Å². The predicted molar refractivity (Wildman–Crippen MR) is 208 cm³/mol. The van der Waals surface area contributed by atoms with E-state index in [0.29, 0.717) is 19.2 Å². The lowest BCUT2D eigenvalue weighted by atomic mass is 10.1. The second-order valence-corrected chi connectivity index (χ2v) is 12.7. The van der Waals surface area contributed by atoms with E-state index in [-0.39, 0.29) is 0 Å². The van der Waals surface area contributed by atoms with E-state index in [9.17, 15) is 0 Å². The Balaban J connectivity index is 0. The summed E-state index contributed by atoms with van der Waals surface area (Å²) in [6, 6.07) is 0. The Hall–Kier alpha value is -0.400. The molecule has 0 aromatic carbocycles. The smallest absolute Gasteiger partial charge is 0.104 e. The molecule has 0 amide bonds. The van der Waals surface area contributed by atoms with Crippen molar-refractivity contribution in [1.29, 1.82) is 0 Å². The molecule has 0 radical (unpaired) electrons. The molecule has 1 atom stereocenters. The van der Waals surface area contributed by atoms with E-state index < -0.39 is 0 Å². The molecule has 0 saturated carbocycles. The molecule has 1 fully saturated rings. The molecule has 1 unspecified atom stereocenters. The first kappa shape index (κ1) is 50.7. The fourth-order valence-electron chi connectivity index (χ4n) is 4.82. The number of hydrogen-bond donors (Lipinski definition) is 2. The van der Waals surface area contributed by atoms with Crippen LogP contribution in [-0.2, 0) is 28.4 Å². The van der Waals surface area contributed by atoms with Gasteiger partial charge in [-0.25, -0.2) is 0 Å². The van der Waals surface area contributed by atoms with Crippen molar-refractivity contribution in [2.75, 3.05) is 125 Å². The first-order valence-electron chi connectivity index (χ1n) is 20.5. The van der Waals surface area contributed by atoms with Crippen molar-refractivity contribution in [3.05, 3.63) is 0 Å². The standard InChI is InChI=1S/C18H40N2O2.C11H22O2.C10H24N2O2/c1-5-19(6-2)13-11-17-21-15-9-10-16-22-18-12-14-20(7-3)8-4;1-2-3-4-5-6-7-8-12-9-11-10-13-11;11-5-3-9-13-7-1-2-8-14-10-4-6-12/h5-18H2,1-4H3;11H,2-10H2,1H3;1-12H2. The van der Waals surface area contributed by atoms with E-state index in [1.54, 1.807) is 0 Å². The first-order valence-corrected chi connectivity index (χ1v) is 20.5. The number of rotatable bonds is 37. The third-order valence-electron chi connectivity index (χ3n) is 8.30. The Morgan fingerprint density at radius 3 is 1.14 bits per heavy atom. The topological polar surface area (TPSA) is 117 Å². The average molecular weight is 707 g/mol. The third kappa shape index (κ3) is 45.6. The Bertz CT molecular complexity index is 536. The maximum Gasteiger partial charge on any atom is 0.104 e. The molecule has 0 aliphatic carbocycles. The largest absolute Gasteiger partial charge is 0.381 e. The molecule has 0 aromatic rings. The van der Waals surface area contributed by atoms with Crippen molar-refractivity contribution in [3.8, 4) is 0 Å². The van der Waals surface area contributed by atoms with Crippen molar-refractivity contribution in [2.45, 2.75) is 131 Å². The summed E-state index contributed by atoms with van der Waals surface area (Å²) >= 11 is 0. The summed E-state index contributed by atoms with van der Waals surface area (Å²) in [4.78, 5) is 4.88. The van der Waals surface area contributed by atoms with Crippen molar-refractivity contribution in [2.24, 2.45) is 11.5 Å². The molecular formula is C39H86N4O6. The molecule has 1 saturated heterocycles. The zero-order valence-electron chi connectivity index (χ0n) is 33.4. The molecule has 0 bridgehead atoms. The number of ether oxygens (including phenoxy) is 6. The summed E-state index contributed by atoms with van der Waals surface area (Å²) in [5.41, 5.74) is 10.7. The number of hydrogen-bond acceptors (Lipinski definition) is 10.